The third-order valence-electron chi connectivity index (χ3n) is 3.67. The summed E-state index contributed by atoms with van der Waals surface area (Å²) >= 11 is 1.17. The molecule has 1 aliphatic rings. The third kappa shape index (κ3) is 4.00. The van der Waals surface area contributed by atoms with Crippen molar-refractivity contribution in [2.75, 3.05) is 24.3 Å². The lowest BCUT2D eigenvalue weighted by atomic mass is 10.2. The van der Waals surface area contributed by atoms with Crippen molar-refractivity contribution in [3.63, 3.8) is 0 Å². The zero-order valence-electron chi connectivity index (χ0n) is 14.0. The summed E-state index contributed by atoms with van der Waals surface area (Å²) in [4.78, 5) is 12.2. The molecular formula is C17H14FN5O3S. The van der Waals surface area contributed by atoms with E-state index in [1.54, 1.807) is 30.3 Å². The van der Waals surface area contributed by atoms with E-state index in [2.05, 4.69) is 20.8 Å². The van der Waals surface area contributed by atoms with Crippen molar-refractivity contribution in [2.24, 2.45) is 0 Å². The maximum atomic E-state index is 13.1. The van der Waals surface area contributed by atoms with Crippen molar-refractivity contribution >= 4 is 23.4 Å². The van der Waals surface area contributed by atoms with Gasteiger partial charge in [-0.05, 0) is 46.8 Å². The van der Waals surface area contributed by atoms with Crippen LogP contribution in [0.1, 0.15) is 0 Å². The lowest BCUT2D eigenvalue weighted by Gasteiger charge is -2.18. The van der Waals surface area contributed by atoms with Crippen LogP contribution < -0.4 is 14.8 Å². The Bertz CT molecular complexity index is 963. The number of rotatable bonds is 5. The number of aromatic nitrogens is 4. The molecule has 2 aromatic carbocycles. The highest BCUT2D eigenvalue weighted by molar-refractivity contribution is 7.99. The number of thioether (sulfide) groups is 1. The van der Waals surface area contributed by atoms with Crippen LogP contribution in [0, 0.1) is 5.82 Å². The van der Waals surface area contributed by atoms with Crippen molar-refractivity contribution < 1.29 is 18.7 Å². The van der Waals surface area contributed by atoms with Crippen LogP contribution >= 0.6 is 11.8 Å². The number of benzene rings is 2. The molecule has 1 aromatic heterocycles. The molecule has 1 amide bonds. The lowest BCUT2D eigenvalue weighted by Crippen LogP contribution is -2.17. The largest absolute Gasteiger partial charge is 0.486 e. The fourth-order valence-electron chi connectivity index (χ4n) is 2.46. The van der Waals surface area contributed by atoms with Gasteiger partial charge in [-0.3, -0.25) is 4.79 Å². The minimum Gasteiger partial charge on any atom is -0.486 e. The summed E-state index contributed by atoms with van der Waals surface area (Å²) in [5, 5.41) is 14.6. The summed E-state index contributed by atoms with van der Waals surface area (Å²) in [6.45, 7) is 0.990. The van der Waals surface area contributed by atoms with Crippen molar-refractivity contribution in [3.05, 3.63) is 48.3 Å². The van der Waals surface area contributed by atoms with Gasteiger partial charge in [0, 0.05) is 11.8 Å². The molecule has 4 rings (SSSR count). The van der Waals surface area contributed by atoms with Gasteiger partial charge in [0.2, 0.25) is 11.1 Å². The first-order valence-electron chi connectivity index (χ1n) is 8.06. The van der Waals surface area contributed by atoms with Gasteiger partial charge in [0.1, 0.15) is 19.0 Å². The monoisotopic (exact) mass is 387 g/mol. The molecule has 8 nitrogen and oxygen atoms in total. The molecule has 0 bridgehead atoms. The predicted octanol–water partition coefficient (Wildman–Crippen LogP) is 2.30. The smallest absolute Gasteiger partial charge is 0.234 e. The molecule has 10 heteroatoms. The molecule has 1 aliphatic heterocycles. The molecule has 2 heterocycles. The van der Waals surface area contributed by atoms with Gasteiger partial charge in [0.05, 0.1) is 11.4 Å². The van der Waals surface area contributed by atoms with Crippen LogP contribution in [0.15, 0.2) is 47.6 Å². The number of hydrogen-bond acceptors (Lipinski definition) is 7. The van der Waals surface area contributed by atoms with Gasteiger partial charge in [-0.25, -0.2) is 4.39 Å². The minimum absolute atomic E-state index is 0.107. The van der Waals surface area contributed by atoms with Crippen LogP contribution in [0.3, 0.4) is 0 Å². The second-order valence-corrected chi connectivity index (χ2v) is 6.49. The van der Waals surface area contributed by atoms with E-state index >= 15 is 0 Å². The van der Waals surface area contributed by atoms with Gasteiger partial charge in [-0.2, -0.15) is 4.68 Å². The number of tetrazole rings is 1. The second kappa shape index (κ2) is 7.62. The van der Waals surface area contributed by atoms with Crippen molar-refractivity contribution in [2.45, 2.75) is 5.16 Å². The van der Waals surface area contributed by atoms with Gasteiger partial charge in [-0.15, -0.1) is 5.10 Å². The van der Waals surface area contributed by atoms with E-state index in [-0.39, 0.29) is 17.5 Å². The Balaban J connectivity index is 1.39. The first kappa shape index (κ1) is 17.3. The van der Waals surface area contributed by atoms with Gasteiger partial charge in [-0.1, -0.05) is 11.8 Å². The molecule has 27 heavy (non-hydrogen) atoms. The Morgan fingerprint density at radius 3 is 2.74 bits per heavy atom. The average molecular weight is 387 g/mol. The van der Waals surface area contributed by atoms with Gasteiger partial charge >= 0.3 is 0 Å². The molecule has 0 saturated heterocycles. The maximum Gasteiger partial charge on any atom is 0.234 e. The van der Waals surface area contributed by atoms with Gasteiger partial charge in [0.15, 0.2) is 11.5 Å². The van der Waals surface area contributed by atoms with Gasteiger partial charge in [0.25, 0.3) is 0 Å². The highest BCUT2D eigenvalue weighted by Gasteiger charge is 2.14. The number of amides is 1. The van der Waals surface area contributed by atoms with Crippen LogP contribution in [-0.2, 0) is 4.79 Å². The fraction of sp³-hybridized carbons (Fsp3) is 0.176. The van der Waals surface area contributed by atoms with Crippen LogP contribution in [-0.4, -0.2) is 45.1 Å². The first-order chi connectivity index (χ1) is 13.2. The molecule has 1 N–H and O–H groups in total. The number of nitrogens with one attached hydrogen (secondary N) is 1. The number of carbonyl (C=O) groups is 1. The van der Waals surface area contributed by atoms with E-state index in [1.807, 2.05) is 0 Å². The Kier molecular flexibility index (Phi) is 4.88. The van der Waals surface area contributed by atoms with E-state index in [0.29, 0.717) is 41.2 Å². The first-order valence-corrected chi connectivity index (χ1v) is 9.04. The highest BCUT2D eigenvalue weighted by atomic mass is 32.2. The molecule has 0 fully saturated rings. The van der Waals surface area contributed by atoms with Crippen molar-refractivity contribution in [1.29, 1.82) is 0 Å². The number of carbonyl (C=O) groups excluding carboxylic acids is 1. The van der Waals surface area contributed by atoms with Gasteiger partial charge < -0.3 is 14.8 Å². The summed E-state index contributed by atoms with van der Waals surface area (Å²) < 4.78 is 25.5. The summed E-state index contributed by atoms with van der Waals surface area (Å²) in [6, 6.07) is 11.0. The van der Waals surface area contributed by atoms with E-state index in [0.717, 1.165) is 0 Å². The molecule has 0 spiro atoms. The van der Waals surface area contributed by atoms with E-state index in [1.165, 1.54) is 28.6 Å². The zero-order chi connectivity index (χ0) is 18.6. The van der Waals surface area contributed by atoms with E-state index < -0.39 is 0 Å². The quantitative estimate of drug-likeness (QED) is 0.672. The number of hydrogen-bond donors (Lipinski definition) is 1. The summed E-state index contributed by atoms with van der Waals surface area (Å²) in [5.41, 5.74) is 1.22. The number of nitrogens with zero attached hydrogens (tertiary/aromatic N) is 4. The Labute approximate surface area is 157 Å². The molecule has 0 atom stereocenters. The Morgan fingerprint density at radius 2 is 1.93 bits per heavy atom. The summed E-state index contributed by atoms with van der Waals surface area (Å²) in [6.07, 6.45) is 0. The minimum atomic E-state index is -0.347. The summed E-state index contributed by atoms with van der Waals surface area (Å²) in [5.74, 6) is 0.806. The second-order valence-electron chi connectivity index (χ2n) is 5.54. The maximum absolute atomic E-state index is 13.1. The van der Waals surface area contributed by atoms with Crippen LogP contribution in [0.2, 0.25) is 0 Å². The van der Waals surface area contributed by atoms with Crippen LogP contribution in [0.25, 0.3) is 5.69 Å². The fourth-order valence-corrected chi connectivity index (χ4v) is 3.15. The normalized spacial score (nSPS) is 12.6. The number of halogens is 1. The van der Waals surface area contributed by atoms with Crippen molar-refractivity contribution in [3.8, 4) is 17.2 Å². The SMILES string of the molecule is O=C(CSc1nnnn1-c1ccc(F)cc1)Nc1ccc2c(c1)OCCO2. The molecule has 0 saturated carbocycles. The third-order valence-corrected chi connectivity index (χ3v) is 4.59. The standard InChI is InChI=1S/C17H14FN5O3S/c18-11-1-4-13(5-2-11)23-17(20-21-22-23)27-10-16(24)19-12-3-6-14-15(9-12)26-8-7-25-14/h1-6,9H,7-8,10H2,(H,19,24). The lowest BCUT2D eigenvalue weighted by molar-refractivity contribution is -0.113. The van der Waals surface area contributed by atoms with Crippen LogP contribution in [0.4, 0.5) is 10.1 Å². The number of fused-ring (bicyclic) bond motifs is 1. The van der Waals surface area contributed by atoms with Crippen LogP contribution in [0.5, 0.6) is 11.5 Å². The molecular weight excluding hydrogens is 373 g/mol. The zero-order valence-corrected chi connectivity index (χ0v) is 14.8. The Hall–Kier alpha value is -3.14. The molecule has 138 valence electrons. The molecule has 0 unspecified atom stereocenters. The topological polar surface area (TPSA) is 91.2 Å². The predicted molar refractivity (Wildman–Crippen MR) is 95.9 cm³/mol. The number of anilines is 1. The average Bonchev–Trinajstić information content (AvgIpc) is 3.15. The number of ether oxygens (including phenoxy) is 2. The van der Waals surface area contributed by atoms with E-state index in [4.69, 9.17) is 9.47 Å². The van der Waals surface area contributed by atoms with E-state index in [9.17, 15) is 9.18 Å². The molecule has 0 aliphatic carbocycles. The summed E-state index contributed by atoms with van der Waals surface area (Å²) in [7, 11) is 0. The highest BCUT2D eigenvalue weighted by Crippen LogP contribution is 2.32. The molecule has 3 aromatic rings. The van der Waals surface area contributed by atoms with Crippen molar-refractivity contribution in [1.82, 2.24) is 20.2 Å². The Morgan fingerprint density at radius 1 is 1.15 bits per heavy atom. The molecule has 0 radical (unpaired) electrons.